The van der Waals surface area contributed by atoms with Gasteiger partial charge in [0.25, 0.3) is 11.8 Å². The summed E-state index contributed by atoms with van der Waals surface area (Å²) in [6.45, 7) is 2.96. The number of imide groups is 1. The molecular formula is C10H13NO3. The standard InChI is InChI=1S/C10H13NO3/c1-7-6-9(12)11(10(7)13)8-2-4-14-5-3-8/h6,8H,2-5H2,1H3. The van der Waals surface area contributed by atoms with E-state index in [0.29, 0.717) is 18.8 Å². The van der Waals surface area contributed by atoms with Gasteiger partial charge in [-0.25, -0.2) is 0 Å². The Morgan fingerprint density at radius 3 is 2.50 bits per heavy atom. The van der Waals surface area contributed by atoms with Crippen LogP contribution in [0, 0.1) is 0 Å². The largest absolute Gasteiger partial charge is 0.381 e. The summed E-state index contributed by atoms with van der Waals surface area (Å²) in [5, 5.41) is 0. The molecule has 0 aromatic carbocycles. The van der Waals surface area contributed by atoms with Crippen molar-refractivity contribution in [3.05, 3.63) is 11.6 Å². The molecule has 4 heteroatoms. The van der Waals surface area contributed by atoms with Crippen LogP contribution < -0.4 is 0 Å². The summed E-state index contributed by atoms with van der Waals surface area (Å²) >= 11 is 0. The molecule has 0 atom stereocenters. The highest BCUT2D eigenvalue weighted by Gasteiger charge is 2.35. The highest BCUT2D eigenvalue weighted by molar-refractivity contribution is 6.16. The summed E-state index contributed by atoms with van der Waals surface area (Å²) in [5.74, 6) is -0.304. The minimum Gasteiger partial charge on any atom is -0.381 e. The quantitative estimate of drug-likeness (QED) is 0.572. The van der Waals surface area contributed by atoms with E-state index in [1.807, 2.05) is 0 Å². The lowest BCUT2D eigenvalue weighted by molar-refractivity contribution is -0.141. The van der Waals surface area contributed by atoms with Gasteiger partial charge in [-0.3, -0.25) is 14.5 Å². The number of rotatable bonds is 1. The van der Waals surface area contributed by atoms with E-state index < -0.39 is 0 Å². The predicted molar refractivity (Wildman–Crippen MR) is 49.5 cm³/mol. The Labute approximate surface area is 82.5 Å². The lowest BCUT2D eigenvalue weighted by Crippen LogP contribution is -2.43. The van der Waals surface area contributed by atoms with E-state index in [4.69, 9.17) is 4.74 Å². The molecule has 0 N–H and O–H groups in total. The van der Waals surface area contributed by atoms with Crippen molar-refractivity contribution >= 4 is 11.8 Å². The van der Waals surface area contributed by atoms with Crippen molar-refractivity contribution in [2.24, 2.45) is 0 Å². The summed E-state index contributed by atoms with van der Waals surface area (Å²) in [7, 11) is 0. The average Bonchev–Trinajstić information content (AvgIpc) is 2.43. The average molecular weight is 195 g/mol. The maximum Gasteiger partial charge on any atom is 0.256 e. The highest BCUT2D eigenvalue weighted by Crippen LogP contribution is 2.21. The molecular weight excluding hydrogens is 182 g/mol. The van der Waals surface area contributed by atoms with Gasteiger partial charge < -0.3 is 4.74 Å². The van der Waals surface area contributed by atoms with Gasteiger partial charge in [0.15, 0.2) is 0 Å². The molecule has 2 amide bonds. The van der Waals surface area contributed by atoms with Crippen LogP contribution in [0.2, 0.25) is 0 Å². The Morgan fingerprint density at radius 1 is 1.36 bits per heavy atom. The predicted octanol–water partition coefficient (Wildman–Crippen LogP) is 0.480. The van der Waals surface area contributed by atoms with Crippen molar-refractivity contribution in [1.29, 1.82) is 0 Å². The molecule has 0 spiro atoms. The van der Waals surface area contributed by atoms with Crippen LogP contribution in [0.3, 0.4) is 0 Å². The van der Waals surface area contributed by atoms with Crippen LogP contribution in [0.15, 0.2) is 11.6 Å². The van der Waals surface area contributed by atoms with Crippen LogP contribution in [-0.2, 0) is 14.3 Å². The molecule has 0 saturated carbocycles. The third-order valence-electron chi connectivity index (χ3n) is 2.69. The van der Waals surface area contributed by atoms with Crippen LogP contribution in [0.5, 0.6) is 0 Å². The first-order valence-corrected chi connectivity index (χ1v) is 4.83. The number of carbonyl (C=O) groups is 2. The maximum absolute atomic E-state index is 11.6. The Balaban J connectivity index is 2.11. The van der Waals surface area contributed by atoms with Gasteiger partial charge in [-0.2, -0.15) is 0 Å². The minimum absolute atomic E-state index is 0.0393. The summed E-state index contributed by atoms with van der Waals surface area (Å²) in [5.41, 5.74) is 0.543. The molecule has 0 radical (unpaired) electrons. The molecule has 2 rings (SSSR count). The zero-order chi connectivity index (χ0) is 10.1. The van der Waals surface area contributed by atoms with Crippen molar-refractivity contribution in [1.82, 2.24) is 4.90 Å². The van der Waals surface area contributed by atoms with Gasteiger partial charge in [-0.1, -0.05) is 0 Å². The van der Waals surface area contributed by atoms with Crippen molar-refractivity contribution in [3.63, 3.8) is 0 Å². The second kappa shape index (κ2) is 3.53. The van der Waals surface area contributed by atoms with E-state index in [-0.39, 0.29) is 17.9 Å². The second-order valence-electron chi connectivity index (χ2n) is 3.68. The van der Waals surface area contributed by atoms with Crippen molar-refractivity contribution in [2.75, 3.05) is 13.2 Å². The van der Waals surface area contributed by atoms with Crippen LogP contribution in [0.1, 0.15) is 19.8 Å². The van der Waals surface area contributed by atoms with Gasteiger partial charge in [0.05, 0.1) is 0 Å². The van der Waals surface area contributed by atoms with Crippen molar-refractivity contribution in [2.45, 2.75) is 25.8 Å². The summed E-state index contributed by atoms with van der Waals surface area (Å²) < 4.78 is 5.19. The number of nitrogens with zero attached hydrogens (tertiary/aromatic N) is 1. The molecule has 0 aromatic rings. The molecule has 2 aliphatic rings. The summed E-state index contributed by atoms with van der Waals surface area (Å²) in [6.07, 6.45) is 2.94. The van der Waals surface area contributed by atoms with E-state index in [9.17, 15) is 9.59 Å². The first-order chi connectivity index (χ1) is 6.70. The second-order valence-corrected chi connectivity index (χ2v) is 3.68. The van der Waals surface area contributed by atoms with E-state index in [1.165, 1.54) is 11.0 Å². The third kappa shape index (κ3) is 1.46. The third-order valence-corrected chi connectivity index (χ3v) is 2.69. The zero-order valence-corrected chi connectivity index (χ0v) is 8.16. The van der Waals surface area contributed by atoms with Gasteiger partial charge in [-0.15, -0.1) is 0 Å². The normalized spacial score (nSPS) is 24.4. The first kappa shape index (κ1) is 9.40. The number of amides is 2. The molecule has 1 fully saturated rings. The van der Waals surface area contributed by atoms with Crippen molar-refractivity contribution < 1.29 is 14.3 Å². The van der Waals surface area contributed by atoms with Gasteiger partial charge in [0.1, 0.15) is 0 Å². The SMILES string of the molecule is CC1=CC(=O)N(C2CCOCC2)C1=O. The summed E-state index contributed by atoms with van der Waals surface area (Å²) in [4.78, 5) is 24.5. The number of ether oxygens (including phenoxy) is 1. The monoisotopic (exact) mass is 195 g/mol. The fourth-order valence-corrected chi connectivity index (χ4v) is 1.90. The maximum atomic E-state index is 11.6. The molecule has 14 heavy (non-hydrogen) atoms. The smallest absolute Gasteiger partial charge is 0.256 e. The fourth-order valence-electron chi connectivity index (χ4n) is 1.90. The molecule has 0 unspecified atom stereocenters. The summed E-state index contributed by atoms with van der Waals surface area (Å²) in [6, 6.07) is 0.0393. The number of carbonyl (C=O) groups excluding carboxylic acids is 2. The van der Waals surface area contributed by atoms with Gasteiger partial charge in [-0.05, 0) is 19.8 Å². The molecule has 0 aliphatic carbocycles. The van der Waals surface area contributed by atoms with Gasteiger partial charge >= 0.3 is 0 Å². The molecule has 4 nitrogen and oxygen atoms in total. The van der Waals surface area contributed by atoms with Crippen LogP contribution in [0.4, 0.5) is 0 Å². The lowest BCUT2D eigenvalue weighted by Gasteiger charge is -2.29. The Morgan fingerprint density at radius 2 is 2.00 bits per heavy atom. The van der Waals surface area contributed by atoms with E-state index in [2.05, 4.69) is 0 Å². The molecule has 0 aromatic heterocycles. The highest BCUT2D eigenvalue weighted by atomic mass is 16.5. The van der Waals surface area contributed by atoms with E-state index in [0.717, 1.165) is 12.8 Å². The Hall–Kier alpha value is -1.16. The van der Waals surface area contributed by atoms with Gasteiger partial charge in [0.2, 0.25) is 0 Å². The molecule has 1 saturated heterocycles. The van der Waals surface area contributed by atoms with Crippen LogP contribution in [-0.4, -0.2) is 36.0 Å². The van der Waals surface area contributed by atoms with Crippen molar-refractivity contribution in [3.8, 4) is 0 Å². The first-order valence-electron chi connectivity index (χ1n) is 4.83. The topological polar surface area (TPSA) is 46.6 Å². The minimum atomic E-state index is -0.167. The fraction of sp³-hybridized carbons (Fsp3) is 0.600. The molecule has 2 heterocycles. The van der Waals surface area contributed by atoms with E-state index >= 15 is 0 Å². The number of hydrogen-bond acceptors (Lipinski definition) is 3. The van der Waals surface area contributed by atoms with Gasteiger partial charge in [0, 0.05) is 30.9 Å². The molecule has 76 valence electrons. The Bertz CT molecular complexity index is 302. The molecule has 0 bridgehead atoms. The zero-order valence-electron chi connectivity index (χ0n) is 8.16. The number of hydrogen-bond donors (Lipinski definition) is 0. The van der Waals surface area contributed by atoms with E-state index in [1.54, 1.807) is 6.92 Å². The molecule has 2 aliphatic heterocycles. The van der Waals surface area contributed by atoms with Crippen LogP contribution >= 0.6 is 0 Å². The Kier molecular flexibility index (Phi) is 2.37. The van der Waals surface area contributed by atoms with Crippen LogP contribution in [0.25, 0.3) is 0 Å². The lowest BCUT2D eigenvalue weighted by atomic mass is 10.1.